The summed E-state index contributed by atoms with van der Waals surface area (Å²) < 4.78 is 16.4. The topological polar surface area (TPSA) is 53.7 Å². The van der Waals surface area contributed by atoms with Crippen molar-refractivity contribution in [3.8, 4) is 11.5 Å². The van der Waals surface area contributed by atoms with Gasteiger partial charge in [-0.15, -0.1) is 0 Å². The minimum atomic E-state index is -0.277. The number of methoxy groups -OCH3 is 1. The maximum atomic E-state index is 6.62. The van der Waals surface area contributed by atoms with Crippen LogP contribution in [0.1, 0.15) is 43.2 Å². The summed E-state index contributed by atoms with van der Waals surface area (Å²) in [5.41, 5.74) is 8.46. The van der Waals surface area contributed by atoms with E-state index in [-0.39, 0.29) is 5.54 Å². The molecule has 0 bridgehead atoms. The molecule has 0 aromatic heterocycles. The minimum absolute atomic E-state index is 0.277. The van der Waals surface area contributed by atoms with Gasteiger partial charge >= 0.3 is 0 Å². The summed E-state index contributed by atoms with van der Waals surface area (Å²) in [5.74, 6) is 1.75. The predicted molar refractivity (Wildman–Crippen MR) is 72.2 cm³/mol. The molecule has 4 heteroatoms. The molecule has 1 saturated carbocycles. The maximum absolute atomic E-state index is 6.62. The molecule has 19 heavy (non-hydrogen) atoms. The van der Waals surface area contributed by atoms with E-state index in [0.29, 0.717) is 13.4 Å². The van der Waals surface area contributed by atoms with Gasteiger partial charge in [0.05, 0.1) is 13.7 Å². The average Bonchev–Trinajstić information content (AvgIpc) is 2.46. The zero-order chi connectivity index (χ0) is 13.3. The molecule has 0 atom stereocenters. The van der Waals surface area contributed by atoms with Gasteiger partial charge in [0.15, 0.2) is 6.79 Å². The van der Waals surface area contributed by atoms with Crippen LogP contribution in [0.15, 0.2) is 12.1 Å². The molecule has 3 rings (SSSR count). The summed E-state index contributed by atoms with van der Waals surface area (Å²) in [6, 6.07) is 4.06. The lowest BCUT2D eigenvalue weighted by molar-refractivity contribution is -0.0166. The van der Waals surface area contributed by atoms with Crippen molar-refractivity contribution in [3.05, 3.63) is 23.3 Å². The molecule has 0 radical (unpaired) electrons. The summed E-state index contributed by atoms with van der Waals surface area (Å²) >= 11 is 0. The molecule has 0 spiro atoms. The van der Waals surface area contributed by atoms with Crippen LogP contribution in [0.3, 0.4) is 0 Å². The molecule has 0 amide bonds. The summed E-state index contributed by atoms with van der Waals surface area (Å²) in [4.78, 5) is 0. The fourth-order valence-electron chi connectivity index (χ4n) is 3.12. The molecule has 1 aromatic rings. The van der Waals surface area contributed by atoms with Crippen molar-refractivity contribution in [2.75, 3.05) is 13.9 Å². The van der Waals surface area contributed by atoms with Crippen LogP contribution in [0, 0.1) is 0 Å². The van der Waals surface area contributed by atoms with Crippen molar-refractivity contribution in [1.82, 2.24) is 0 Å². The molecule has 1 fully saturated rings. The van der Waals surface area contributed by atoms with E-state index in [0.717, 1.165) is 35.5 Å². The number of nitrogens with two attached hydrogens (primary N) is 1. The average molecular weight is 263 g/mol. The molecule has 4 nitrogen and oxygen atoms in total. The first-order valence-electron chi connectivity index (χ1n) is 6.94. The van der Waals surface area contributed by atoms with E-state index in [1.165, 1.54) is 19.3 Å². The Labute approximate surface area is 113 Å². The van der Waals surface area contributed by atoms with Crippen molar-refractivity contribution >= 4 is 0 Å². The van der Waals surface area contributed by atoms with E-state index >= 15 is 0 Å². The minimum Gasteiger partial charge on any atom is -0.496 e. The zero-order valence-electron chi connectivity index (χ0n) is 11.4. The molecule has 2 N–H and O–H groups in total. The van der Waals surface area contributed by atoms with Crippen molar-refractivity contribution in [2.24, 2.45) is 5.73 Å². The summed E-state index contributed by atoms with van der Waals surface area (Å²) in [6.45, 7) is 0.889. The van der Waals surface area contributed by atoms with Crippen LogP contribution >= 0.6 is 0 Å². The highest BCUT2D eigenvalue weighted by molar-refractivity contribution is 5.50. The number of hydrogen-bond acceptors (Lipinski definition) is 4. The smallest absolute Gasteiger partial charge is 0.189 e. The van der Waals surface area contributed by atoms with E-state index in [1.54, 1.807) is 7.11 Å². The zero-order valence-corrected chi connectivity index (χ0v) is 11.4. The Morgan fingerprint density at radius 1 is 1.21 bits per heavy atom. The van der Waals surface area contributed by atoms with Crippen LogP contribution in [0.25, 0.3) is 0 Å². The fourth-order valence-corrected chi connectivity index (χ4v) is 3.12. The second-order valence-corrected chi connectivity index (χ2v) is 5.49. The molecule has 1 aliphatic carbocycles. The van der Waals surface area contributed by atoms with E-state index in [4.69, 9.17) is 19.9 Å². The molecule has 0 saturated heterocycles. The number of benzene rings is 1. The Kier molecular flexibility index (Phi) is 3.37. The van der Waals surface area contributed by atoms with Crippen LogP contribution in [0.2, 0.25) is 0 Å². The fraction of sp³-hybridized carbons (Fsp3) is 0.600. The van der Waals surface area contributed by atoms with Gasteiger partial charge in [0.1, 0.15) is 11.5 Å². The second-order valence-electron chi connectivity index (χ2n) is 5.49. The highest BCUT2D eigenvalue weighted by Gasteiger charge is 2.33. The van der Waals surface area contributed by atoms with Gasteiger partial charge in [-0.05, 0) is 25.0 Å². The third-order valence-electron chi connectivity index (χ3n) is 4.22. The van der Waals surface area contributed by atoms with Crippen LogP contribution in [-0.4, -0.2) is 13.9 Å². The van der Waals surface area contributed by atoms with Gasteiger partial charge in [0.2, 0.25) is 0 Å². The SMILES string of the molecule is COc1cc2c(cc1C1(N)CCCCC1)OCOC2. The molecular weight excluding hydrogens is 242 g/mol. The predicted octanol–water partition coefficient (Wildman–Crippen LogP) is 2.68. The lowest BCUT2D eigenvalue weighted by Crippen LogP contribution is -2.39. The summed E-state index contributed by atoms with van der Waals surface area (Å²) in [5, 5.41) is 0. The van der Waals surface area contributed by atoms with Crippen molar-refractivity contribution in [2.45, 2.75) is 44.2 Å². The van der Waals surface area contributed by atoms with Gasteiger partial charge in [-0.1, -0.05) is 19.3 Å². The van der Waals surface area contributed by atoms with Gasteiger partial charge in [-0.25, -0.2) is 0 Å². The Balaban J connectivity index is 2.03. The number of ether oxygens (including phenoxy) is 3. The highest BCUT2D eigenvalue weighted by atomic mass is 16.7. The van der Waals surface area contributed by atoms with Crippen molar-refractivity contribution in [3.63, 3.8) is 0 Å². The van der Waals surface area contributed by atoms with Crippen LogP contribution in [0.4, 0.5) is 0 Å². The standard InChI is InChI=1S/C15H21NO3/c1-17-14-7-11-9-18-10-19-13(11)8-12(14)15(16)5-3-2-4-6-15/h7-8H,2-6,9-10,16H2,1H3. The lowest BCUT2D eigenvalue weighted by Gasteiger charge is -2.35. The Hall–Kier alpha value is -1.26. The highest BCUT2D eigenvalue weighted by Crippen LogP contribution is 2.42. The monoisotopic (exact) mass is 263 g/mol. The maximum Gasteiger partial charge on any atom is 0.189 e. The van der Waals surface area contributed by atoms with Crippen LogP contribution in [0.5, 0.6) is 11.5 Å². The van der Waals surface area contributed by atoms with E-state index < -0.39 is 0 Å². The third-order valence-corrected chi connectivity index (χ3v) is 4.22. The lowest BCUT2D eigenvalue weighted by atomic mass is 9.77. The molecule has 104 valence electrons. The Bertz CT molecular complexity index is 467. The number of rotatable bonds is 2. The van der Waals surface area contributed by atoms with Gasteiger partial charge < -0.3 is 19.9 Å². The first-order chi connectivity index (χ1) is 9.23. The van der Waals surface area contributed by atoms with Crippen molar-refractivity contribution < 1.29 is 14.2 Å². The van der Waals surface area contributed by atoms with Gasteiger partial charge in [0, 0.05) is 16.7 Å². The van der Waals surface area contributed by atoms with E-state index in [2.05, 4.69) is 6.07 Å². The number of fused-ring (bicyclic) bond motifs is 1. The molecule has 0 unspecified atom stereocenters. The van der Waals surface area contributed by atoms with Gasteiger partial charge in [-0.3, -0.25) is 0 Å². The summed E-state index contributed by atoms with van der Waals surface area (Å²) in [7, 11) is 1.70. The van der Waals surface area contributed by atoms with Crippen LogP contribution in [-0.2, 0) is 16.9 Å². The molecular formula is C15H21NO3. The first-order valence-corrected chi connectivity index (χ1v) is 6.94. The van der Waals surface area contributed by atoms with E-state index in [1.807, 2.05) is 6.07 Å². The first kappa shape index (κ1) is 12.8. The van der Waals surface area contributed by atoms with Crippen LogP contribution < -0.4 is 15.2 Å². The Morgan fingerprint density at radius 3 is 2.74 bits per heavy atom. The molecule has 1 aromatic carbocycles. The van der Waals surface area contributed by atoms with E-state index in [9.17, 15) is 0 Å². The van der Waals surface area contributed by atoms with Gasteiger partial charge in [-0.2, -0.15) is 0 Å². The normalized spacial score (nSPS) is 21.4. The molecule has 1 heterocycles. The molecule has 1 aliphatic heterocycles. The van der Waals surface area contributed by atoms with Crippen molar-refractivity contribution in [1.29, 1.82) is 0 Å². The second kappa shape index (κ2) is 5.02. The van der Waals surface area contributed by atoms with Gasteiger partial charge in [0.25, 0.3) is 0 Å². The number of hydrogen-bond donors (Lipinski definition) is 1. The third kappa shape index (κ3) is 2.30. The Morgan fingerprint density at radius 2 is 2.00 bits per heavy atom. The largest absolute Gasteiger partial charge is 0.496 e. The summed E-state index contributed by atoms with van der Waals surface area (Å²) in [6.07, 6.45) is 5.66. The molecule has 2 aliphatic rings. The quantitative estimate of drug-likeness (QED) is 0.891.